The van der Waals surface area contributed by atoms with Gasteiger partial charge in [-0.15, -0.1) is 0 Å². The van der Waals surface area contributed by atoms with Crippen LogP contribution in [0.1, 0.15) is 5.56 Å². The van der Waals surface area contributed by atoms with Crippen molar-refractivity contribution in [1.29, 1.82) is 0 Å². The van der Waals surface area contributed by atoms with E-state index in [1.165, 1.54) is 0 Å². The number of hydrogen-bond donors (Lipinski definition) is 1. The van der Waals surface area contributed by atoms with E-state index in [1.807, 2.05) is 38.5 Å². The van der Waals surface area contributed by atoms with E-state index in [9.17, 15) is 0 Å². The van der Waals surface area contributed by atoms with Crippen molar-refractivity contribution in [3.63, 3.8) is 0 Å². The molecular weight excluding hydrogens is 212 g/mol. The molecule has 2 N–H and O–H groups in total. The Morgan fingerprint density at radius 1 is 1.29 bits per heavy atom. The van der Waals surface area contributed by atoms with Crippen LogP contribution in [0, 0.1) is 0 Å². The lowest BCUT2D eigenvalue weighted by Gasteiger charge is -2.11. The van der Waals surface area contributed by atoms with Crippen molar-refractivity contribution in [1.82, 2.24) is 14.9 Å². The summed E-state index contributed by atoms with van der Waals surface area (Å²) in [5, 5.41) is 0. The van der Waals surface area contributed by atoms with Gasteiger partial charge in [0.25, 0.3) is 0 Å². The van der Waals surface area contributed by atoms with E-state index in [4.69, 9.17) is 5.73 Å². The second-order valence-electron chi connectivity index (χ2n) is 4.26. The fraction of sp³-hybridized carbons (Fsp3) is 0.231. The minimum Gasteiger partial charge on any atom is -0.397 e. The van der Waals surface area contributed by atoms with Crippen LogP contribution < -0.4 is 5.73 Å². The van der Waals surface area contributed by atoms with Crippen molar-refractivity contribution in [2.45, 2.75) is 6.54 Å². The van der Waals surface area contributed by atoms with E-state index >= 15 is 0 Å². The summed E-state index contributed by atoms with van der Waals surface area (Å²) in [6, 6.07) is 5.80. The summed E-state index contributed by atoms with van der Waals surface area (Å²) in [6.45, 7) is 0.838. The van der Waals surface area contributed by atoms with Crippen LogP contribution in [-0.2, 0) is 6.54 Å². The first-order chi connectivity index (χ1) is 8.16. The van der Waals surface area contributed by atoms with E-state index in [1.54, 1.807) is 12.4 Å². The molecule has 0 fully saturated rings. The number of nitrogen functional groups attached to an aromatic ring is 1. The standard InChI is InChI=1S/C13H16N4/c1-17(2)9-10-6-12(14)13(16-7-10)11-4-3-5-15-8-11/h3-8H,9,14H2,1-2H3. The van der Waals surface area contributed by atoms with Gasteiger partial charge in [-0.3, -0.25) is 9.97 Å². The number of aromatic nitrogens is 2. The molecule has 88 valence electrons. The Morgan fingerprint density at radius 3 is 2.71 bits per heavy atom. The normalized spacial score (nSPS) is 10.8. The molecule has 0 atom stereocenters. The highest BCUT2D eigenvalue weighted by molar-refractivity contribution is 5.71. The lowest BCUT2D eigenvalue weighted by atomic mass is 10.1. The summed E-state index contributed by atoms with van der Waals surface area (Å²) in [5.41, 5.74) is 9.56. The van der Waals surface area contributed by atoms with Gasteiger partial charge in [0, 0.05) is 30.7 Å². The number of pyridine rings is 2. The van der Waals surface area contributed by atoms with Crippen molar-refractivity contribution >= 4 is 5.69 Å². The zero-order valence-corrected chi connectivity index (χ0v) is 10.1. The van der Waals surface area contributed by atoms with Gasteiger partial charge in [-0.05, 0) is 37.9 Å². The van der Waals surface area contributed by atoms with Crippen molar-refractivity contribution in [2.24, 2.45) is 0 Å². The Labute approximate surface area is 101 Å². The maximum atomic E-state index is 6.02. The van der Waals surface area contributed by atoms with Crippen LogP contribution in [-0.4, -0.2) is 29.0 Å². The summed E-state index contributed by atoms with van der Waals surface area (Å²) in [6.07, 6.45) is 5.36. The molecule has 2 rings (SSSR count). The van der Waals surface area contributed by atoms with E-state index in [2.05, 4.69) is 14.9 Å². The van der Waals surface area contributed by atoms with E-state index in [-0.39, 0.29) is 0 Å². The van der Waals surface area contributed by atoms with Crippen LogP contribution in [0.5, 0.6) is 0 Å². The number of nitrogens with two attached hydrogens (primary N) is 1. The first-order valence-electron chi connectivity index (χ1n) is 5.46. The van der Waals surface area contributed by atoms with Gasteiger partial charge in [-0.25, -0.2) is 0 Å². The topological polar surface area (TPSA) is 55.0 Å². The van der Waals surface area contributed by atoms with Gasteiger partial charge in [-0.2, -0.15) is 0 Å². The van der Waals surface area contributed by atoms with Crippen molar-refractivity contribution in [2.75, 3.05) is 19.8 Å². The first kappa shape index (κ1) is 11.5. The average Bonchev–Trinajstić information content (AvgIpc) is 2.29. The molecule has 0 radical (unpaired) electrons. The summed E-state index contributed by atoms with van der Waals surface area (Å²) in [7, 11) is 4.04. The molecule has 2 aromatic rings. The molecule has 0 aliphatic rings. The molecule has 2 heterocycles. The molecule has 4 heteroatoms. The number of rotatable bonds is 3. The van der Waals surface area contributed by atoms with Crippen LogP contribution in [0.2, 0.25) is 0 Å². The molecule has 0 amide bonds. The molecule has 0 saturated heterocycles. The highest BCUT2D eigenvalue weighted by Crippen LogP contribution is 2.23. The van der Waals surface area contributed by atoms with Crippen LogP contribution in [0.15, 0.2) is 36.8 Å². The van der Waals surface area contributed by atoms with Gasteiger partial charge in [0.2, 0.25) is 0 Å². The maximum Gasteiger partial charge on any atom is 0.0946 e. The van der Waals surface area contributed by atoms with Gasteiger partial charge in [-0.1, -0.05) is 0 Å². The molecule has 0 aliphatic heterocycles. The van der Waals surface area contributed by atoms with Gasteiger partial charge in [0.1, 0.15) is 0 Å². The lowest BCUT2D eigenvalue weighted by Crippen LogP contribution is -2.11. The largest absolute Gasteiger partial charge is 0.397 e. The Hall–Kier alpha value is -1.94. The SMILES string of the molecule is CN(C)Cc1cnc(-c2cccnc2)c(N)c1. The van der Waals surface area contributed by atoms with E-state index in [0.717, 1.165) is 23.4 Å². The summed E-state index contributed by atoms with van der Waals surface area (Å²) >= 11 is 0. The lowest BCUT2D eigenvalue weighted by molar-refractivity contribution is 0.402. The van der Waals surface area contributed by atoms with Crippen LogP contribution in [0.4, 0.5) is 5.69 Å². The molecule has 0 saturated carbocycles. The fourth-order valence-electron chi connectivity index (χ4n) is 1.72. The zero-order chi connectivity index (χ0) is 12.3. The number of anilines is 1. The van der Waals surface area contributed by atoms with Gasteiger partial charge in [0.15, 0.2) is 0 Å². The Kier molecular flexibility index (Phi) is 3.35. The predicted octanol–water partition coefficient (Wildman–Crippen LogP) is 1.79. The van der Waals surface area contributed by atoms with Gasteiger partial charge in [0.05, 0.1) is 11.4 Å². The van der Waals surface area contributed by atoms with Crippen LogP contribution in [0.25, 0.3) is 11.3 Å². The molecule has 0 spiro atoms. The zero-order valence-electron chi connectivity index (χ0n) is 10.1. The highest BCUT2D eigenvalue weighted by atomic mass is 15.0. The smallest absolute Gasteiger partial charge is 0.0946 e. The Bertz CT molecular complexity index is 494. The van der Waals surface area contributed by atoms with Crippen LogP contribution in [0.3, 0.4) is 0 Å². The highest BCUT2D eigenvalue weighted by Gasteiger charge is 2.05. The minimum atomic E-state index is 0.692. The van der Waals surface area contributed by atoms with Crippen molar-refractivity contribution in [3.05, 3.63) is 42.4 Å². The third-order valence-electron chi connectivity index (χ3n) is 2.41. The number of nitrogens with zero attached hydrogens (tertiary/aromatic N) is 3. The van der Waals surface area contributed by atoms with Crippen molar-refractivity contribution in [3.8, 4) is 11.3 Å². The summed E-state index contributed by atoms with van der Waals surface area (Å²) in [4.78, 5) is 10.6. The Balaban J connectivity index is 2.32. The molecule has 0 unspecified atom stereocenters. The van der Waals surface area contributed by atoms with E-state index in [0.29, 0.717) is 5.69 Å². The number of hydrogen-bond acceptors (Lipinski definition) is 4. The molecule has 0 bridgehead atoms. The average molecular weight is 228 g/mol. The minimum absolute atomic E-state index is 0.692. The molecule has 0 aliphatic carbocycles. The molecule has 2 aromatic heterocycles. The third kappa shape index (κ3) is 2.79. The monoisotopic (exact) mass is 228 g/mol. The molecule has 17 heavy (non-hydrogen) atoms. The van der Waals surface area contributed by atoms with Gasteiger partial charge >= 0.3 is 0 Å². The second-order valence-corrected chi connectivity index (χ2v) is 4.26. The van der Waals surface area contributed by atoms with Gasteiger partial charge < -0.3 is 10.6 Å². The summed E-state index contributed by atoms with van der Waals surface area (Å²) < 4.78 is 0. The molecule has 0 aromatic carbocycles. The first-order valence-corrected chi connectivity index (χ1v) is 5.46. The third-order valence-corrected chi connectivity index (χ3v) is 2.41. The fourth-order valence-corrected chi connectivity index (χ4v) is 1.72. The predicted molar refractivity (Wildman–Crippen MR) is 69.3 cm³/mol. The summed E-state index contributed by atoms with van der Waals surface area (Å²) in [5.74, 6) is 0. The van der Waals surface area contributed by atoms with E-state index < -0.39 is 0 Å². The molecule has 4 nitrogen and oxygen atoms in total. The molecular formula is C13H16N4. The van der Waals surface area contributed by atoms with Crippen molar-refractivity contribution < 1.29 is 0 Å². The quantitative estimate of drug-likeness (QED) is 0.870. The maximum absolute atomic E-state index is 6.02. The van der Waals surface area contributed by atoms with Crippen LogP contribution >= 0.6 is 0 Å². The Morgan fingerprint density at radius 2 is 2.12 bits per heavy atom. The second kappa shape index (κ2) is 4.93.